The molecule has 1 aliphatic rings. The predicted octanol–water partition coefficient (Wildman–Crippen LogP) is 2.66. The van der Waals surface area contributed by atoms with Crippen molar-refractivity contribution in [2.45, 2.75) is 25.7 Å². The Labute approximate surface area is 143 Å². The first kappa shape index (κ1) is 16.7. The number of aromatic nitrogens is 2. The first-order valence-corrected chi connectivity index (χ1v) is 8.36. The van der Waals surface area contributed by atoms with Crippen LogP contribution in [0.3, 0.4) is 0 Å². The molecule has 1 aromatic carbocycles. The third-order valence-electron chi connectivity index (χ3n) is 5.18. The third kappa shape index (κ3) is 3.22. The van der Waals surface area contributed by atoms with Crippen molar-refractivity contribution in [3.05, 3.63) is 48.2 Å². The standard InChI is InChI=1S/C19H26N4O/c1-18(2)13-19(18,15-8-6-5-7-9-15)14-22(3)12-17(24)20-16-10-11-23(4)21-16/h5-11H,12-14H2,1-4H3,(H,20,21,24)/t19-/m0/s1. The van der Waals surface area contributed by atoms with E-state index in [0.29, 0.717) is 12.4 Å². The number of amides is 1. The van der Waals surface area contributed by atoms with Gasteiger partial charge in [-0.15, -0.1) is 0 Å². The zero-order valence-corrected chi connectivity index (χ0v) is 14.9. The van der Waals surface area contributed by atoms with E-state index in [-0.39, 0.29) is 16.7 Å². The van der Waals surface area contributed by atoms with Crippen molar-refractivity contribution in [2.24, 2.45) is 12.5 Å². The highest BCUT2D eigenvalue weighted by atomic mass is 16.2. The zero-order chi connectivity index (χ0) is 17.4. The quantitative estimate of drug-likeness (QED) is 0.888. The second-order valence-electron chi connectivity index (χ2n) is 7.60. The number of aryl methyl sites for hydroxylation is 1. The summed E-state index contributed by atoms with van der Waals surface area (Å²) in [5.41, 5.74) is 1.76. The minimum atomic E-state index is -0.0298. The Morgan fingerprint density at radius 3 is 2.50 bits per heavy atom. The smallest absolute Gasteiger partial charge is 0.239 e. The van der Waals surface area contributed by atoms with Crippen LogP contribution in [0.2, 0.25) is 0 Å². The Bertz CT molecular complexity index is 722. The number of hydrogen-bond donors (Lipinski definition) is 1. The Balaban J connectivity index is 1.63. The van der Waals surface area contributed by atoms with Crippen molar-refractivity contribution < 1.29 is 4.79 Å². The summed E-state index contributed by atoms with van der Waals surface area (Å²) in [5, 5.41) is 7.03. The molecule has 1 N–H and O–H groups in total. The molecule has 5 nitrogen and oxygen atoms in total. The summed E-state index contributed by atoms with van der Waals surface area (Å²) >= 11 is 0. The first-order chi connectivity index (χ1) is 11.3. The topological polar surface area (TPSA) is 50.2 Å². The van der Waals surface area contributed by atoms with Crippen molar-refractivity contribution >= 4 is 11.7 Å². The van der Waals surface area contributed by atoms with Gasteiger partial charge < -0.3 is 5.32 Å². The number of hydrogen-bond acceptors (Lipinski definition) is 3. The van der Waals surface area contributed by atoms with Gasteiger partial charge in [0.2, 0.25) is 5.91 Å². The summed E-state index contributed by atoms with van der Waals surface area (Å²) in [4.78, 5) is 14.3. The second kappa shape index (κ2) is 6.06. The van der Waals surface area contributed by atoms with Crippen LogP contribution in [0.5, 0.6) is 0 Å². The van der Waals surface area contributed by atoms with E-state index in [9.17, 15) is 4.79 Å². The fourth-order valence-electron chi connectivity index (χ4n) is 3.75. The second-order valence-corrected chi connectivity index (χ2v) is 7.60. The largest absolute Gasteiger partial charge is 0.308 e. The summed E-state index contributed by atoms with van der Waals surface area (Å²) in [7, 11) is 3.84. The number of carbonyl (C=O) groups is 1. The van der Waals surface area contributed by atoms with E-state index in [1.54, 1.807) is 10.7 Å². The van der Waals surface area contributed by atoms with Gasteiger partial charge in [-0.2, -0.15) is 5.10 Å². The molecule has 0 spiro atoms. The SMILES string of the molecule is CN(CC(=O)Nc1ccn(C)n1)C[C@]1(c2ccccc2)CC1(C)C. The lowest BCUT2D eigenvalue weighted by Gasteiger charge is -2.27. The van der Waals surface area contributed by atoms with Gasteiger partial charge in [-0.25, -0.2) is 0 Å². The number of likely N-dealkylation sites (N-methyl/N-ethyl adjacent to an activating group) is 1. The van der Waals surface area contributed by atoms with E-state index in [0.717, 1.165) is 13.0 Å². The van der Waals surface area contributed by atoms with Crippen LogP contribution in [0.4, 0.5) is 5.82 Å². The van der Waals surface area contributed by atoms with Crippen LogP contribution in [-0.4, -0.2) is 40.7 Å². The fraction of sp³-hybridized carbons (Fsp3) is 0.474. The van der Waals surface area contributed by atoms with Crippen molar-refractivity contribution in [2.75, 3.05) is 25.5 Å². The molecule has 0 bridgehead atoms. The van der Waals surface area contributed by atoms with Crippen LogP contribution in [-0.2, 0) is 17.3 Å². The third-order valence-corrected chi connectivity index (χ3v) is 5.18. The van der Waals surface area contributed by atoms with E-state index in [2.05, 4.69) is 59.5 Å². The Kier molecular flexibility index (Phi) is 4.22. The molecule has 1 fully saturated rings. The van der Waals surface area contributed by atoms with Crippen molar-refractivity contribution in [1.82, 2.24) is 14.7 Å². The lowest BCUT2D eigenvalue weighted by molar-refractivity contribution is -0.117. The maximum Gasteiger partial charge on any atom is 0.239 e. The summed E-state index contributed by atoms with van der Waals surface area (Å²) < 4.78 is 1.68. The molecule has 24 heavy (non-hydrogen) atoms. The molecular formula is C19H26N4O. The minimum absolute atomic E-state index is 0.0298. The van der Waals surface area contributed by atoms with E-state index < -0.39 is 0 Å². The fourth-order valence-corrected chi connectivity index (χ4v) is 3.75. The van der Waals surface area contributed by atoms with E-state index in [4.69, 9.17) is 0 Å². The van der Waals surface area contributed by atoms with E-state index >= 15 is 0 Å². The van der Waals surface area contributed by atoms with Gasteiger partial charge in [-0.05, 0) is 24.4 Å². The summed E-state index contributed by atoms with van der Waals surface area (Å²) in [6, 6.07) is 12.5. The van der Waals surface area contributed by atoms with E-state index in [1.807, 2.05) is 20.3 Å². The molecule has 1 amide bonds. The molecule has 1 saturated carbocycles. The number of benzene rings is 1. The average Bonchev–Trinajstić information content (AvgIpc) is 2.84. The maximum atomic E-state index is 12.2. The highest BCUT2D eigenvalue weighted by molar-refractivity contribution is 5.91. The van der Waals surface area contributed by atoms with Gasteiger partial charge in [-0.1, -0.05) is 44.2 Å². The van der Waals surface area contributed by atoms with E-state index in [1.165, 1.54) is 5.56 Å². The molecule has 3 rings (SSSR count). The molecule has 128 valence electrons. The van der Waals surface area contributed by atoms with Gasteiger partial charge in [0.15, 0.2) is 5.82 Å². The molecule has 0 radical (unpaired) electrons. The molecule has 1 aromatic heterocycles. The van der Waals surface area contributed by atoms with Crippen LogP contribution in [0.15, 0.2) is 42.6 Å². The Hall–Kier alpha value is -2.14. The molecule has 2 aromatic rings. The minimum Gasteiger partial charge on any atom is -0.308 e. The molecule has 1 heterocycles. The normalized spacial score (nSPS) is 21.7. The highest BCUT2D eigenvalue weighted by Crippen LogP contribution is 2.64. The Morgan fingerprint density at radius 2 is 1.96 bits per heavy atom. The lowest BCUT2D eigenvalue weighted by atomic mass is 9.87. The van der Waals surface area contributed by atoms with Gasteiger partial charge in [0.05, 0.1) is 6.54 Å². The van der Waals surface area contributed by atoms with Gasteiger partial charge >= 0.3 is 0 Å². The number of nitrogens with zero attached hydrogens (tertiary/aromatic N) is 3. The van der Waals surface area contributed by atoms with Crippen LogP contribution in [0.25, 0.3) is 0 Å². The van der Waals surface area contributed by atoms with Gasteiger partial charge in [0.25, 0.3) is 0 Å². The van der Waals surface area contributed by atoms with Crippen molar-refractivity contribution in [1.29, 1.82) is 0 Å². The zero-order valence-electron chi connectivity index (χ0n) is 14.9. The monoisotopic (exact) mass is 326 g/mol. The summed E-state index contributed by atoms with van der Waals surface area (Å²) in [6.07, 6.45) is 2.96. The Morgan fingerprint density at radius 1 is 1.29 bits per heavy atom. The maximum absolute atomic E-state index is 12.2. The number of rotatable bonds is 6. The number of carbonyl (C=O) groups excluding carboxylic acids is 1. The van der Waals surface area contributed by atoms with Gasteiger partial charge in [-0.3, -0.25) is 14.4 Å². The molecule has 0 unspecified atom stereocenters. The van der Waals surface area contributed by atoms with Crippen molar-refractivity contribution in [3.8, 4) is 0 Å². The predicted molar refractivity (Wildman–Crippen MR) is 95.9 cm³/mol. The van der Waals surface area contributed by atoms with Gasteiger partial charge in [0.1, 0.15) is 0 Å². The van der Waals surface area contributed by atoms with Gasteiger partial charge in [0, 0.05) is 31.3 Å². The molecule has 0 saturated heterocycles. The number of nitrogens with one attached hydrogen (secondary N) is 1. The molecule has 0 aliphatic heterocycles. The van der Waals surface area contributed by atoms with Crippen LogP contribution in [0, 0.1) is 5.41 Å². The average molecular weight is 326 g/mol. The van der Waals surface area contributed by atoms with Crippen LogP contribution < -0.4 is 5.32 Å². The lowest BCUT2D eigenvalue weighted by Crippen LogP contribution is -2.37. The number of anilines is 1. The molecular weight excluding hydrogens is 300 g/mol. The first-order valence-electron chi connectivity index (χ1n) is 8.36. The van der Waals surface area contributed by atoms with Crippen LogP contribution >= 0.6 is 0 Å². The highest BCUT2D eigenvalue weighted by Gasteiger charge is 2.61. The molecule has 5 heteroatoms. The molecule has 1 atom stereocenters. The molecule has 1 aliphatic carbocycles. The summed E-state index contributed by atoms with van der Waals surface area (Å²) in [6.45, 7) is 5.85. The summed E-state index contributed by atoms with van der Waals surface area (Å²) in [5.74, 6) is 0.568. The van der Waals surface area contributed by atoms with Crippen LogP contribution in [0.1, 0.15) is 25.8 Å². The van der Waals surface area contributed by atoms with Crippen molar-refractivity contribution in [3.63, 3.8) is 0 Å².